The molecule has 0 spiro atoms. The van der Waals surface area contributed by atoms with E-state index in [4.69, 9.17) is 5.73 Å². The van der Waals surface area contributed by atoms with Gasteiger partial charge in [-0.2, -0.15) is 0 Å². The molecular weight excluding hydrogens is 186 g/mol. The lowest BCUT2D eigenvalue weighted by molar-refractivity contribution is 0.820. The molecule has 3 nitrogen and oxygen atoms in total. The Hall–Kier alpha value is -1.35. The molecule has 0 aromatic carbocycles. The molecule has 80 valence electrons. The standard InChI is InChI=1S/C12H17N3/c1-8(2)12-9(3)15-7-10(6-13)4-5-11(15)14-12/h4-5,7-8H,6,13H2,1-3H3. The van der Waals surface area contributed by atoms with Crippen LogP contribution in [0.2, 0.25) is 0 Å². The van der Waals surface area contributed by atoms with E-state index in [1.807, 2.05) is 12.1 Å². The molecule has 0 aliphatic heterocycles. The number of hydrogen-bond donors (Lipinski definition) is 1. The fourth-order valence-corrected chi connectivity index (χ4v) is 1.89. The highest BCUT2D eigenvalue weighted by atomic mass is 15.0. The van der Waals surface area contributed by atoms with Crippen LogP contribution in [0.3, 0.4) is 0 Å². The van der Waals surface area contributed by atoms with E-state index in [9.17, 15) is 0 Å². The summed E-state index contributed by atoms with van der Waals surface area (Å²) in [5, 5.41) is 0. The molecule has 0 saturated carbocycles. The lowest BCUT2D eigenvalue weighted by atomic mass is 10.1. The Morgan fingerprint density at radius 1 is 1.40 bits per heavy atom. The van der Waals surface area contributed by atoms with Gasteiger partial charge in [0.2, 0.25) is 0 Å². The molecule has 2 rings (SSSR count). The predicted octanol–water partition coefficient (Wildman–Crippen LogP) is 2.22. The number of nitrogens with zero attached hydrogens (tertiary/aromatic N) is 2. The van der Waals surface area contributed by atoms with Crippen LogP contribution in [0, 0.1) is 6.92 Å². The molecule has 0 fully saturated rings. The Labute approximate surface area is 89.9 Å². The highest BCUT2D eigenvalue weighted by Crippen LogP contribution is 2.20. The van der Waals surface area contributed by atoms with Crippen molar-refractivity contribution in [3.8, 4) is 0 Å². The Kier molecular flexibility index (Phi) is 2.49. The summed E-state index contributed by atoms with van der Waals surface area (Å²) in [6.45, 7) is 7.01. The van der Waals surface area contributed by atoms with Crippen LogP contribution in [0.25, 0.3) is 5.65 Å². The first-order valence-corrected chi connectivity index (χ1v) is 5.31. The normalized spacial score (nSPS) is 11.5. The average molecular weight is 203 g/mol. The average Bonchev–Trinajstić information content (AvgIpc) is 2.56. The number of rotatable bonds is 2. The Morgan fingerprint density at radius 2 is 2.13 bits per heavy atom. The molecule has 0 bridgehead atoms. The van der Waals surface area contributed by atoms with Gasteiger partial charge in [0.25, 0.3) is 0 Å². The Balaban J connectivity index is 2.66. The maximum Gasteiger partial charge on any atom is 0.137 e. The fraction of sp³-hybridized carbons (Fsp3) is 0.417. The van der Waals surface area contributed by atoms with Gasteiger partial charge in [-0.05, 0) is 24.5 Å². The van der Waals surface area contributed by atoms with Gasteiger partial charge < -0.3 is 10.1 Å². The zero-order chi connectivity index (χ0) is 11.0. The van der Waals surface area contributed by atoms with Crippen LogP contribution in [0.4, 0.5) is 0 Å². The summed E-state index contributed by atoms with van der Waals surface area (Å²) in [5.41, 5.74) is 10.2. The van der Waals surface area contributed by atoms with Gasteiger partial charge in [-0.15, -0.1) is 0 Å². The van der Waals surface area contributed by atoms with Crippen molar-refractivity contribution >= 4 is 5.65 Å². The highest BCUT2D eigenvalue weighted by Gasteiger charge is 2.10. The second-order valence-corrected chi connectivity index (χ2v) is 4.21. The van der Waals surface area contributed by atoms with E-state index in [0.717, 1.165) is 11.2 Å². The lowest BCUT2D eigenvalue weighted by Crippen LogP contribution is -1.99. The first-order chi connectivity index (χ1) is 7.13. The number of fused-ring (bicyclic) bond motifs is 1. The fourth-order valence-electron chi connectivity index (χ4n) is 1.89. The molecule has 0 radical (unpaired) electrons. The van der Waals surface area contributed by atoms with Crippen LogP contribution in [0.5, 0.6) is 0 Å². The predicted molar refractivity (Wildman–Crippen MR) is 61.9 cm³/mol. The Morgan fingerprint density at radius 3 is 2.73 bits per heavy atom. The monoisotopic (exact) mass is 203 g/mol. The van der Waals surface area contributed by atoms with Crippen LogP contribution in [-0.4, -0.2) is 9.38 Å². The minimum atomic E-state index is 0.464. The third-order valence-electron chi connectivity index (χ3n) is 2.74. The minimum Gasteiger partial charge on any atom is -0.326 e. The van der Waals surface area contributed by atoms with Gasteiger partial charge in [-0.25, -0.2) is 4.98 Å². The van der Waals surface area contributed by atoms with Gasteiger partial charge in [-0.3, -0.25) is 0 Å². The second-order valence-electron chi connectivity index (χ2n) is 4.21. The van der Waals surface area contributed by atoms with Crippen LogP contribution in [0.1, 0.15) is 36.7 Å². The van der Waals surface area contributed by atoms with Crippen molar-refractivity contribution in [3.05, 3.63) is 35.3 Å². The van der Waals surface area contributed by atoms with E-state index in [0.29, 0.717) is 12.5 Å². The Bertz CT molecular complexity index is 483. The van der Waals surface area contributed by atoms with Crippen molar-refractivity contribution in [2.24, 2.45) is 5.73 Å². The van der Waals surface area contributed by atoms with E-state index in [1.165, 1.54) is 11.4 Å². The molecule has 2 N–H and O–H groups in total. The molecule has 2 aromatic rings. The largest absolute Gasteiger partial charge is 0.326 e. The molecule has 2 aromatic heterocycles. The van der Waals surface area contributed by atoms with Crippen LogP contribution < -0.4 is 5.73 Å². The first-order valence-electron chi connectivity index (χ1n) is 5.31. The number of pyridine rings is 1. The van der Waals surface area contributed by atoms with Gasteiger partial charge >= 0.3 is 0 Å². The van der Waals surface area contributed by atoms with E-state index in [1.54, 1.807) is 0 Å². The zero-order valence-corrected chi connectivity index (χ0v) is 9.49. The summed E-state index contributed by atoms with van der Waals surface area (Å²) in [4.78, 5) is 4.61. The molecule has 15 heavy (non-hydrogen) atoms. The smallest absolute Gasteiger partial charge is 0.137 e. The number of hydrogen-bond acceptors (Lipinski definition) is 2. The number of aromatic nitrogens is 2. The van der Waals surface area contributed by atoms with Gasteiger partial charge in [0.05, 0.1) is 5.69 Å². The first kappa shape index (κ1) is 10.2. The molecular formula is C12H17N3. The maximum absolute atomic E-state index is 5.62. The van der Waals surface area contributed by atoms with Crippen LogP contribution in [-0.2, 0) is 6.54 Å². The summed E-state index contributed by atoms with van der Waals surface area (Å²) >= 11 is 0. The van der Waals surface area contributed by atoms with Crippen molar-refractivity contribution < 1.29 is 0 Å². The maximum atomic E-state index is 5.62. The molecule has 0 saturated heterocycles. The molecule has 0 amide bonds. The summed E-state index contributed by atoms with van der Waals surface area (Å²) in [6, 6.07) is 4.06. The molecule has 0 atom stereocenters. The van der Waals surface area contributed by atoms with Gasteiger partial charge in [-0.1, -0.05) is 19.9 Å². The third kappa shape index (κ3) is 1.63. The summed E-state index contributed by atoms with van der Waals surface area (Å²) < 4.78 is 2.12. The van der Waals surface area contributed by atoms with Gasteiger partial charge in [0.1, 0.15) is 5.65 Å². The summed E-state index contributed by atoms with van der Waals surface area (Å²) in [7, 11) is 0. The number of imidazole rings is 1. The highest BCUT2D eigenvalue weighted by molar-refractivity contribution is 5.45. The summed E-state index contributed by atoms with van der Waals surface area (Å²) in [5.74, 6) is 0.464. The quantitative estimate of drug-likeness (QED) is 0.813. The molecule has 0 aliphatic carbocycles. The third-order valence-corrected chi connectivity index (χ3v) is 2.74. The van der Waals surface area contributed by atoms with Crippen molar-refractivity contribution in [1.29, 1.82) is 0 Å². The zero-order valence-electron chi connectivity index (χ0n) is 9.49. The van der Waals surface area contributed by atoms with Crippen molar-refractivity contribution in [1.82, 2.24) is 9.38 Å². The van der Waals surface area contributed by atoms with E-state index in [-0.39, 0.29) is 0 Å². The second kappa shape index (κ2) is 3.66. The SMILES string of the molecule is Cc1c(C(C)C)nc2ccc(CN)cn12. The van der Waals surface area contributed by atoms with E-state index < -0.39 is 0 Å². The van der Waals surface area contributed by atoms with E-state index >= 15 is 0 Å². The summed E-state index contributed by atoms with van der Waals surface area (Å²) in [6.07, 6.45) is 2.07. The minimum absolute atomic E-state index is 0.464. The van der Waals surface area contributed by atoms with Gasteiger partial charge in [0.15, 0.2) is 0 Å². The molecule has 2 heterocycles. The number of aryl methyl sites for hydroxylation is 1. The molecule has 3 heteroatoms. The van der Waals surface area contributed by atoms with Crippen molar-refractivity contribution in [3.63, 3.8) is 0 Å². The molecule has 0 aliphatic rings. The van der Waals surface area contributed by atoms with Gasteiger partial charge in [0, 0.05) is 18.4 Å². The van der Waals surface area contributed by atoms with Crippen molar-refractivity contribution in [2.45, 2.75) is 33.2 Å². The number of nitrogens with two attached hydrogens (primary N) is 1. The molecule has 0 unspecified atom stereocenters. The lowest BCUT2D eigenvalue weighted by Gasteiger charge is -2.02. The van der Waals surface area contributed by atoms with Crippen LogP contribution >= 0.6 is 0 Å². The topological polar surface area (TPSA) is 43.3 Å². The van der Waals surface area contributed by atoms with Crippen LogP contribution in [0.15, 0.2) is 18.3 Å². The van der Waals surface area contributed by atoms with E-state index in [2.05, 4.69) is 36.4 Å². The van der Waals surface area contributed by atoms with Crippen molar-refractivity contribution in [2.75, 3.05) is 0 Å².